The Hall–Kier alpha value is -3.80. The molecule has 4 aromatic rings. The molecule has 0 aliphatic rings. The van der Waals surface area contributed by atoms with Gasteiger partial charge < -0.3 is 9.47 Å². The summed E-state index contributed by atoms with van der Waals surface area (Å²) in [6.07, 6.45) is 1.69. The topological polar surface area (TPSA) is 78.4 Å². The number of benzene rings is 3. The lowest BCUT2D eigenvalue weighted by Gasteiger charge is -2.11. The van der Waals surface area contributed by atoms with Gasteiger partial charge in [-0.25, -0.2) is 19.6 Å². The predicted molar refractivity (Wildman–Crippen MR) is 114 cm³/mol. The molecule has 0 unspecified atom stereocenters. The second-order valence-corrected chi connectivity index (χ2v) is 6.76. The minimum Gasteiger partial charge on any atom is -0.462 e. The van der Waals surface area contributed by atoms with Gasteiger partial charge in [0.15, 0.2) is 0 Å². The van der Waals surface area contributed by atoms with E-state index in [4.69, 9.17) is 9.47 Å². The number of carbonyl (C=O) groups is 2. The van der Waals surface area contributed by atoms with E-state index in [0.29, 0.717) is 23.2 Å². The summed E-state index contributed by atoms with van der Waals surface area (Å²) < 4.78 is 10.8. The third-order valence-corrected chi connectivity index (χ3v) is 4.63. The molecule has 0 aliphatic heterocycles. The average Bonchev–Trinajstić information content (AvgIpc) is 2.77. The van der Waals surface area contributed by atoms with Crippen molar-refractivity contribution >= 4 is 34.0 Å². The van der Waals surface area contributed by atoms with Crippen molar-refractivity contribution in [1.29, 1.82) is 0 Å². The first-order valence-electron chi connectivity index (χ1n) is 9.81. The van der Waals surface area contributed by atoms with Crippen molar-refractivity contribution in [3.8, 4) is 5.75 Å². The van der Waals surface area contributed by atoms with Crippen LogP contribution in [-0.4, -0.2) is 28.5 Å². The minimum absolute atomic E-state index is 0.148. The Morgan fingerprint density at radius 1 is 0.767 bits per heavy atom. The van der Waals surface area contributed by atoms with E-state index in [2.05, 4.69) is 9.97 Å². The standard InChI is InChI=1S/C24H20N2O4/c1-2-3-15-29-23(27)16-9-4-7-14-21(16)30-24(28)17-10-8-13-20-22(17)26-19-12-6-5-11-18(19)25-20/h4-14H,2-3,15H2,1H3. The van der Waals surface area contributed by atoms with Crippen molar-refractivity contribution in [2.75, 3.05) is 6.61 Å². The second kappa shape index (κ2) is 8.69. The van der Waals surface area contributed by atoms with Gasteiger partial charge in [-0.05, 0) is 42.8 Å². The van der Waals surface area contributed by atoms with Crippen molar-refractivity contribution in [3.63, 3.8) is 0 Å². The summed E-state index contributed by atoms with van der Waals surface area (Å²) in [6.45, 7) is 2.34. The van der Waals surface area contributed by atoms with Crippen molar-refractivity contribution < 1.29 is 19.1 Å². The minimum atomic E-state index is -0.612. The molecule has 0 aliphatic carbocycles. The number of hydrogen-bond donors (Lipinski definition) is 0. The third-order valence-electron chi connectivity index (χ3n) is 4.63. The van der Waals surface area contributed by atoms with Crippen LogP contribution in [0.25, 0.3) is 22.1 Å². The molecule has 0 saturated carbocycles. The Morgan fingerprint density at radius 3 is 2.23 bits per heavy atom. The number of carbonyl (C=O) groups excluding carboxylic acids is 2. The van der Waals surface area contributed by atoms with E-state index >= 15 is 0 Å². The maximum atomic E-state index is 13.0. The summed E-state index contributed by atoms with van der Waals surface area (Å²) in [5.41, 5.74) is 2.96. The van der Waals surface area contributed by atoms with Crippen LogP contribution in [0, 0.1) is 0 Å². The second-order valence-electron chi connectivity index (χ2n) is 6.76. The molecule has 0 fully saturated rings. The molecule has 0 saturated heterocycles. The van der Waals surface area contributed by atoms with Gasteiger partial charge in [-0.3, -0.25) is 0 Å². The van der Waals surface area contributed by atoms with Crippen LogP contribution in [0.1, 0.15) is 40.5 Å². The van der Waals surface area contributed by atoms with Gasteiger partial charge in [-0.1, -0.05) is 43.7 Å². The fourth-order valence-electron chi connectivity index (χ4n) is 3.07. The Morgan fingerprint density at radius 2 is 1.43 bits per heavy atom. The molecule has 1 heterocycles. The van der Waals surface area contributed by atoms with Crippen LogP contribution in [0.4, 0.5) is 0 Å². The molecule has 4 rings (SSSR count). The van der Waals surface area contributed by atoms with Crippen LogP contribution in [0.5, 0.6) is 5.75 Å². The molecule has 6 nitrogen and oxygen atoms in total. The number of hydrogen-bond acceptors (Lipinski definition) is 6. The quantitative estimate of drug-likeness (QED) is 0.197. The first kappa shape index (κ1) is 19.5. The zero-order valence-corrected chi connectivity index (χ0v) is 16.5. The summed E-state index contributed by atoms with van der Waals surface area (Å²) in [5, 5.41) is 0. The van der Waals surface area contributed by atoms with Crippen molar-refractivity contribution in [3.05, 3.63) is 77.9 Å². The number of esters is 2. The van der Waals surface area contributed by atoms with Gasteiger partial charge in [-0.15, -0.1) is 0 Å². The van der Waals surface area contributed by atoms with Crippen LogP contribution >= 0.6 is 0 Å². The maximum Gasteiger partial charge on any atom is 0.345 e. The number of ether oxygens (including phenoxy) is 2. The molecule has 150 valence electrons. The highest BCUT2D eigenvalue weighted by Crippen LogP contribution is 2.24. The zero-order chi connectivity index (χ0) is 20.9. The molecular formula is C24H20N2O4. The predicted octanol–water partition coefficient (Wildman–Crippen LogP) is 4.96. The van der Waals surface area contributed by atoms with Gasteiger partial charge in [-0.2, -0.15) is 0 Å². The van der Waals surface area contributed by atoms with Crippen LogP contribution in [0.3, 0.4) is 0 Å². The molecule has 0 spiro atoms. The highest BCUT2D eigenvalue weighted by atomic mass is 16.5. The maximum absolute atomic E-state index is 13.0. The smallest absolute Gasteiger partial charge is 0.345 e. The van der Waals surface area contributed by atoms with E-state index in [9.17, 15) is 9.59 Å². The van der Waals surface area contributed by atoms with Crippen LogP contribution in [0.15, 0.2) is 66.7 Å². The number of nitrogens with zero attached hydrogens (tertiary/aromatic N) is 2. The number of unbranched alkanes of at least 4 members (excludes halogenated alkanes) is 1. The summed E-state index contributed by atoms with van der Waals surface area (Å²) in [7, 11) is 0. The third kappa shape index (κ3) is 3.98. The molecule has 0 atom stereocenters. The average molecular weight is 400 g/mol. The number of fused-ring (bicyclic) bond motifs is 2. The summed E-state index contributed by atoms with van der Waals surface area (Å²) >= 11 is 0. The lowest BCUT2D eigenvalue weighted by molar-refractivity contribution is 0.0494. The van der Waals surface area contributed by atoms with E-state index in [1.807, 2.05) is 31.2 Å². The van der Waals surface area contributed by atoms with Gasteiger partial charge in [0.25, 0.3) is 0 Å². The van der Waals surface area contributed by atoms with E-state index in [1.54, 1.807) is 42.5 Å². The molecule has 3 aromatic carbocycles. The Bertz CT molecular complexity index is 1240. The lowest BCUT2D eigenvalue weighted by atomic mass is 10.1. The SMILES string of the molecule is CCCCOC(=O)c1ccccc1OC(=O)c1cccc2nc3ccccc3nc12. The van der Waals surface area contributed by atoms with Gasteiger partial charge in [0.2, 0.25) is 0 Å². The van der Waals surface area contributed by atoms with Crippen LogP contribution in [0.2, 0.25) is 0 Å². The van der Waals surface area contributed by atoms with Crippen molar-refractivity contribution in [1.82, 2.24) is 9.97 Å². The highest BCUT2D eigenvalue weighted by molar-refractivity contribution is 6.05. The zero-order valence-electron chi connectivity index (χ0n) is 16.5. The van der Waals surface area contributed by atoms with E-state index in [1.165, 1.54) is 0 Å². The number of rotatable bonds is 6. The number of para-hydroxylation sites is 4. The highest BCUT2D eigenvalue weighted by Gasteiger charge is 2.19. The molecule has 0 amide bonds. The van der Waals surface area contributed by atoms with Crippen LogP contribution in [-0.2, 0) is 4.74 Å². The monoisotopic (exact) mass is 400 g/mol. The molecular weight excluding hydrogens is 380 g/mol. The fourth-order valence-corrected chi connectivity index (χ4v) is 3.07. The van der Waals surface area contributed by atoms with Crippen molar-refractivity contribution in [2.45, 2.75) is 19.8 Å². The first-order valence-corrected chi connectivity index (χ1v) is 9.81. The van der Waals surface area contributed by atoms with Gasteiger partial charge in [0.05, 0.1) is 28.7 Å². The number of aromatic nitrogens is 2. The van der Waals surface area contributed by atoms with E-state index in [0.717, 1.165) is 18.4 Å². The van der Waals surface area contributed by atoms with Gasteiger partial charge in [0.1, 0.15) is 16.8 Å². The first-order chi connectivity index (χ1) is 14.7. The van der Waals surface area contributed by atoms with Crippen molar-refractivity contribution in [2.24, 2.45) is 0 Å². The molecule has 1 aromatic heterocycles. The largest absolute Gasteiger partial charge is 0.462 e. The van der Waals surface area contributed by atoms with Gasteiger partial charge >= 0.3 is 11.9 Å². The molecule has 0 radical (unpaired) electrons. The molecule has 30 heavy (non-hydrogen) atoms. The van der Waals surface area contributed by atoms with E-state index < -0.39 is 11.9 Å². The Kier molecular flexibility index (Phi) is 5.66. The van der Waals surface area contributed by atoms with E-state index in [-0.39, 0.29) is 16.9 Å². The lowest BCUT2D eigenvalue weighted by Crippen LogP contribution is -2.14. The molecule has 6 heteroatoms. The fraction of sp³-hybridized carbons (Fsp3) is 0.167. The van der Waals surface area contributed by atoms with Gasteiger partial charge in [0, 0.05) is 0 Å². The molecule has 0 N–H and O–H groups in total. The summed E-state index contributed by atoms with van der Waals surface area (Å²) in [4.78, 5) is 34.5. The molecule has 0 bridgehead atoms. The summed E-state index contributed by atoms with van der Waals surface area (Å²) in [5.74, 6) is -0.982. The Balaban J connectivity index is 1.66. The summed E-state index contributed by atoms with van der Waals surface area (Å²) in [6, 6.07) is 19.2. The normalized spacial score (nSPS) is 10.8. The Labute approximate surface area is 173 Å². The van der Waals surface area contributed by atoms with Crippen LogP contribution < -0.4 is 4.74 Å².